The molecule has 0 saturated carbocycles. The van der Waals surface area contributed by atoms with Gasteiger partial charge in [-0.05, 0) is 18.6 Å². The van der Waals surface area contributed by atoms with Crippen molar-refractivity contribution >= 4 is 23.3 Å². The Hall–Kier alpha value is -2.60. The van der Waals surface area contributed by atoms with Gasteiger partial charge in [0.2, 0.25) is 0 Å². The molecular formula is C16H16ClN5O. The second-order valence-corrected chi connectivity index (χ2v) is 5.44. The Labute approximate surface area is 138 Å². The molecule has 1 aromatic carbocycles. The van der Waals surface area contributed by atoms with Crippen LogP contribution in [0.4, 0.5) is 5.82 Å². The van der Waals surface area contributed by atoms with Crippen LogP contribution in [0.3, 0.4) is 0 Å². The number of carbonyl (C=O) groups is 1. The molecule has 0 atom stereocenters. The summed E-state index contributed by atoms with van der Waals surface area (Å²) in [5, 5.41) is 11.9. The molecule has 6 nitrogen and oxygen atoms in total. The Bertz CT molecular complexity index is 823. The van der Waals surface area contributed by atoms with E-state index in [1.165, 1.54) is 0 Å². The van der Waals surface area contributed by atoms with Gasteiger partial charge in [0.15, 0.2) is 5.82 Å². The van der Waals surface area contributed by atoms with Crippen molar-refractivity contribution in [3.05, 3.63) is 65.1 Å². The number of aryl methyl sites for hydroxylation is 1. The van der Waals surface area contributed by atoms with Gasteiger partial charge in [-0.2, -0.15) is 10.2 Å². The van der Waals surface area contributed by atoms with Crippen molar-refractivity contribution < 1.29 is 4.79 Å². The lowest BCUT2D eigenvalue weighted by molar-refractivity contribution is 0.102. The summed E-state index contributed by atoms with van der Waals surface area (Å²) in [7, 11) is 0. The van der Waals surface area contributed by atoms with E-state index in [4.69, 9.17) is 11.6 Å². The summed E-state index contributed by atoms with van der Waals surface area (Å²) in [6, 6.07) is 9.35. The van der Waals surface area contributed by atoms with E-state index < -0.39 is 0 Å². The molecule has 0 fully saturated rings. The van der Waals surface area contributed by atoms with Gasteiger partial charge in [0.1, 0.15) is 0 Å². The standard InChI is InChI=1S/C16H16ClN5O/c1-2-21-11-13(9-18-21)16(23)19-15-7-8-22(20-15)10-12-5-3-4-6-14(12)17/h3-9,11H,2,10H2,1H3,(H,19,20,23). The molecule has 0 saturated heterocycles. The van der Waals surface area contributed by atoms with Crippen LogP contribution in [0.15, 0.2) is 48.9 Å². The average molecular weight is 330 g/mol. The second kappa shape index (κ2) is 6.66. The summed E-state index contributed by atoms with van der Waals surface area (Å²) in [6.45, 7) is 3.23. The van der Waals surface area contributed by atoms with Crippen molar-refractivity contribution in [2.45, 2.75) is 20.0 Å². The molecule has 0 radical (unpaired) electrons. The lowest BCUT2D eigenvalue weighted by Crippen LogP contribution is -2.12. The van der Waals surface area contributed by atoms with E-state index in [2.05, 4.69) is 15.5 Å². The average Bonchev–Trinajstić information content (AvgIpc) is 3.19. The molecule has 0 spiro atoms. The van der Waals surface area contributed by atoms with Gasteiger partial charge in [-0.25, -0.2) is 0 Å². The Balaban J connectivity index is 1.67. The lowest BCUT2D eigenvalue weighted by Gasteiger charge is -2.04. The van der Waals surface area contributed by atoms with Crippen LogP contribution in [0.5, 0.6) is 0 Å². The number of aromatic nitrogens is 4. The minimum absolute atomic E-state index is 0.229. The van der Waals surface area contributed by atoms with Crippen molar-refractivity contribution in [3.8, 4) is 0 Å². The van der Waals surface area contributed by atoms with Gasteiger partial charge in [0.05, 0.1) is 18.3 Å². The third kappa shape index (κ3) is 3.60. The number of carbonyl (C=O) groups excluding carboxylic acids is 1. The maximum atomic E-state index is 12.1. The molecule has 0 aliphatic carbocycles. The monoisotopic (exact) mass is 329 g/mol. The molecule has 1 amide bonds. The maximum absolute atomic E-state index is 12.1. The zero-order valence-electron chi connectivity index (χ0n) is 12.6. The first-order valence-corrected chi connectivity index (χ1v) is 7.64. The zero-order chi connectivity index (χ0) is 16.2. The molecule has 3 rings (SSSR count). The van der Waals surface area contributed by atoms with E-state index in [0.717, 1.165) is 12.1 Å². The van der Waals surface area contributed by atoms with Crippen LogP contribution in [-0.4, -0.2) is 25.5 Å². The fourth-order valence-electron chi connectivity index (χ4n) is 2.16. The highest BCUT2D eigenvalue weighted by Crippen LogP contribution is 2.16. The third-order valence-corrected chi connectivity index (χ3v) is 3.76. The number of rotatable bonds is 5. The largest absolute Gasteiger partial charge is 0.305 e. The number of hydrogen-bond donors (Lipinski definition) is 1. The van der Waals surface area contributed by atoms with Gasteiger partial charge < -0.3 is 5.32 Å². The number of amides is 1. The predicted molar refractivity (Wildman–Crippen MR) is 88.6 cm³/mol. The molecule has 2 aromatic heterocycles. The number of benzene rings is 1. The smallest absolute Gasteiger partial charge is 0.260 e. The van der Waals surface area contributed by atoms with Gasteiger partial charge in [0, 0.05) is 30.0 Å². The predicted octanol–water partition coefficient (Wildman–Crippen LogP) is 3.05. The molecule has 0 aliphatic rings. The van der Waals surface area contributed by atoms with E-state index in [0.29, 0.717) is 22.9 Å². The Morgan fingerprint density at radius 3 is 2.83 bits per heavy atom. The fraction of sp³-hybridized carbons (Fsp3) is 0.188. The van der Waals surface area contributed by atoms with Crippen LogP contribution in [0.1, 0.15) is 22.8 Å². The van der Waals surface area contributed by atoms with E-state index in [9.17, 15) is 4.79 Å². The highest BCUT2D eigenvalue weighted by molar-refractivity contribution is 6.31. The van der Waals surface area contributed by atoms with Gasteiger partial charge in [-0.15, -0.1) is 0 Å². The Morgan fingerprint density at radius 2 is 2.09 bits per heavy atom. The van der Waals surface area contributed by atoms with Crippen molar-refractivity contribution in [3.63, 3.8) is 0 Å². The normalized spacial score (nSPS) is 10.7. The minimum atomic E-state index is -0.229. The SMILES string of the molecule is CCn1cc(C(=O)Nc2ccn(Cc3ccccc3Cl)n2)cn1. The lowest BCUT2D eigenvalue weighted by atomic mass is 10.2. The van der Waals surface area contributed by atoms with E-state index in [1.807, 2.05) is 31.2 Å². The van der Waals surface area contributed by atoms with Crippen LogP contribution >= 0.6 is 11.6 Å². The summed E-state index contributed by atoms with van der Waals surface area (Å²) in [4.78, 5) is 12.1. The van der Waals surface area contributed by atoms with Gasteiger partial charge in [0.25, 0.3) is 5.91 Å². The molecule has 7 heteroatoms. The molecule has 0 unspecified atom stereocenters. The molecule has 23 heavy (non-hydrogen) atoms. The van der Waals surface area contributed by atoms with Gasteiger partial charge in [-0.3, -0.25) is 14.2 Å². The number of anilines is 1. The number of hydrogen-bond acceptors (Lipinski definition) is 3. The summed E-state index contributed by atoms with van der Waals surface area (Å²) in [5.41, 5.74) is 1.48. The van der Waals surface area contributed by atoms with Gasteiger partial charge >= 0.3 is 0 Å². The minimum Gasteiger partial charge on any atom is -0.305 e. The first-order chi connectivity index (χ1) is 11.2. The second-order valence-electron chi connectivity index (χ2n) is 5.03. The quantitative estimate of drug-likeness (QED) is 0.782. The Kier molecular flexibility index (Phi) is 4.43. The van der Waals surface area contributed by atoms with Crippen molar-refractivity contribution in [1.82, 2.24) is 19.6 Å². The number of nitrogens with one attached hydrogen (secondary N) is 1. The zero-order valence-corrected chi connectivity index (χ0v) is 13.4. The molecule has 118 valence electrons. The van der Waals surface area contributed by atoms with Crippen LogP contribution in [0.25, 0.3) is 0 Å². The molecule has 1 N–H and O–H groups in total. The first kappa shape index (κ1) is 15.3. The van der Waals surface area contributed by atoms with Gasteiger partial charge in [-0.1, -0.05) is 29.8 Å². The van der Waals surface area contributed by atoms with Crippen LogP contribution < -0.4 is 5.32 Å². The summed E-state index contributed by atoms with van der Waals surface area (Å²) in [5.74, 6) is 0.263. The maximum Gasteiger partial charge on any atom is 0.260 e. The van der Waals surface area contributed by atoms with Crippen LogP contribution in [-0.2, 0) is 13.1 Å². The molecule has 3 aromatic rings. The van der Waals surface area contributed by atoms with E-state index in [1.54, 1.807) is 34.0 Å². The number of nitrogens with zero attached hydrogens (tertiary/aromatic N) is 4. The third-order valence-electron chi connectivity index (χ3n) is 3.39. The highest BCUT2D eigenvalue weighted by atomic mass is 35.5. The number of halogens is 1. The highest BCUT2D eigenvalue weighted by Gasteiger charge is 2.10. The molecule has 2 heterocycles. The molecular weight excluding hydrogens is 314 g/mol. The van der Waals surface area contributed by atoms with Crippen molar-refractivity contribution in [2.24, 2.45) is 0 Å². The summed E-state index contributed by atoms with van der Waals surface area (Å²) >= 11 is 6.14. The first-order valence-electron chi connectivity index (χ1n) is 7.26. The molecule has 0 bridgehead atoms. The van der Waals surface area contributed by atoms with Crippen molar-refractivity contribution in [1.29, 1.82) is 0 Å². The van der Waals surface area contributed by atoms with E-state index in [-0.39, 0.29) is 5.91 Å². The van der Waals surface area contributed by atoms with Crippen LogP contribution in [0, 0.1) is 0 Å². The van der Waals surface area contributed by atoms with E-state index >= 15 is 0 Å². The van der Waals surface area contributed by atoms with Crippen LogP contribution in [0.2, 0.25) is 5.02 Å². The topological polar surface area (TPSA) is 64.7 Å². The fourth-order valence-corrected chi connectivity index (χ4v) is 2.36. The summed E-state index contributed by atoms with van der Waals surface area (Å²) in [6.07, 6.45) is 5.05. The Morgan fingerprint density at radius 1 is 1.26 bits per heavy atom. The molecule has 0 aliphatic heterocycles. The van der Waals surface area contributed by atoms with Crippen molar-refractivity contribution in [2.75, 3.05) is 5.32 Å². The summed E-state index contributed by atoms with van der Waals surface area (Å²) < 4.78 is 3.43.